The van der Waals surface area contributed by atoms with Crippen molar-refractivity contribution in [1.82, 2.24) is 9.80 Å². The summed E-state index contributed by atoms with van der Waals surface area (Å²) in [5.41, 5.74) is 0. The van der Waals surface area contributed by atoms with Crippen molar-refractivity contribution in [2.24, 2.45) is 0 Å². The van der Waals surface area contributed by atoms with Gasteiger partial charge in [0.25, 0.3) is 0 Å². The maximum atomic E-state index is 11.8. The van der Waals surface area contributed by atoms with E-state index in [1.165, 1.54) is 0 Å². The number of ether oxygens (including phenoxy) is 1. The van der Waals surface area contributed by atoms with E-state index in [9.17, 15) is 4.79 Å². The third-order valence-electron chi connectivity index (χ3n) is 2.33. The molecule has 5 heteroatoms. The summed E-state index contributed by atoms with van der Waals surface area (Å²) < 4.78 is 5.46. The molecule has 0 radical (unpaired) electrons. The lowest BCUT2D eigenvalue weighted by Crippen LogP contribution is -2.52. The summed E-state index contributed by atoms with van der Waals surface area (Å²) in [5, 5.41) is 9.02. The van der Waals surface area contributed by atoms with E-state index >= 15 is 0 Å². The number of nitrogens with zero attached hydrogens (tertiary/aromatic N) is 2. The molecule has 0 spiro atoms. The molecule has 0 aliphatic carbocycles. The Balaban J connectivity index is 2.50. The third-order valence-corrected chi connectivity index (χ3v) is 2.33. The molecule has 0 aromatic carbocycles. The normalized spacial score (nSPS) is 27.1. The lowest BCUT2D eigenvalue weighted by atomic mass is 10.2. The van der Waals surface area contributed by atoms with Gasteiger partial charge in [0.05, 0.1) is 25.4 Å². The molecule has 1 rings (SSSR count). The van der Waals surface area contributed by atoms with Crippen LogP contribution in [-0.4, -0.2) is 73.4 Å². The van der Waals surface area contributed by atoms with Crippen LogP contribution in [0.25, 0.3) is 0 Å². The second-order valence-corrected chi connectivity index (χ2v) is 4.29. The Morgan fingerprint density at radius 2 is 2.20 bits per heavy atom. The predicted molar refractivity (Wildman–Crippen MR) is 56.6 cm³/mol. The summed E-state index contributed by atoms with van der Waals surface area (Å²) >= 11 is 0. The van der Waals surface area contributed by atoms with Crippen LogP contribution < -0.4 is 0 Å². The van der Waals surface area contributed by atoms with E-state index in [1.54, 1.807) is 4.90 Å². The number of aliphatic hydroxyl groups is 1. The molecular formula is C10H20N2O3. The minimum Gasteiger partial charge on any atom is -0.394 e. The molecular weight excluding hydrogens is 196 g/mol. The number of aliphatic hydroxyl groups excluding tert-OH is 1. The van der Waals surface area contributed by atoms with Gasteiger partial charge in [-0.05, 0) is 21.0 Å². The van der Waals surface area contributed by atoms with Crippen LogP contribution in [0.2, 0.25) is 0 Å². The van der Waals surface area contributed by atoms with Crippen molar-refractivity contribution in [3.63, 3.8) is 0 Å². The summed E-state index contributed by atoms with van der Waals surface area (Å²) in [6.07, 6.45) is -0.234. The van der Waals surface area contributed by atoms with Gasteiger partial charge in [-0.2, -0.15) is 0 Å². The summed E-state index contributed by atoms with van der Waals surface area (Å²) in [7, 11) is 3.73. The van der Waals surface area contributed by atoms with Gasteiger partial charge in [0.1, 0.15) is 0 Å². The van der Waals surface area contributed by atoms with Crippen LogP contribution in [0.4, 0.5) is 0 Å². The summed E-state index contributed by atoms with van der Waals surface area (Å²) in [6, 6.07) is 0. The minimum absolute atomic E-state index is 0.00186. The van der Waals surface area contributed by atoms with Crippen LogP contribution >= 0.6 is 0 Å². The zero-order valence-electron chi connectivity index (χ0n) is 9.64. The van der Waals surface area contributed by atoms with Crippen molar-refractivity contribution in [2.75, 3.05) is 40.3 Å². The number of morpholine rings is 1. The Labute approximate surface area is 90.6 Å². The van der Waals surface area contributed by atoms with Crippen molar-refractivity contribution in [2.45, 2.75) is 19.1 Å². The fraction of sp³-hybridized carbons (Fsp3) is 0.900. The first-order chi connectivity index (χ1) is 7.02. The summed E-state index contributed by atoms with van der Waals surface area (Å²) in [6.45, 7) is 3.40. The van der Waals surface area contributed by atoms with Crippen molar-refractivity contribution in [3.05, 3.63) is 0 Å². The molecule has 5 nitrogen and oxygen atoms in total. The first-order valence-electron chi connectivity index (χ1n) is 5.21. The quantitative estimate of drug-likeness (QED) is 0.668. The SMILES string of the molecule is CC1CN(C(=O)CN(C)C)CC(CO)O1. The van der Waals surface area contributed by atoms with E-state index in [1.807, 2.05) is 25.9 Å². The van der Waals surface area contributed by atoms with Crippen LogP contribution in [0.3, 0.4) is 0 Å². The molecule has 1 fully saturated rings. The third kappa shape index (κ3) is 3.77. The summed E-state index contributed by atoms with van der Waals surface area (Å²) in [4.78, 5) is 15.4. The lowest BCUT2D eigenvalue weighted by Gasteiger charge is -2.36. The molecule has 2 atom stereocenters. The molecule has 0 aromatic heterocycles. The first kappa shape index (κ1) is 12.4. The van der Waals surface area contributed by atoms with Crippen LogP contribution in [0, 0.1) is 0 Å². The number of likely N-dealkylation sites (N-methyl/N-ethyl adjacent to an activating group) is 1. The molecule has 0 saturated carbocycles. The molecule has 1 heterocycles. The predicted octanol–water partition coefficient (Wildman–Crippen LogP) is -0.844. The topological polar surface area (TPSA) is 53.0 Å². The van der Waals surface area contributed by atoms with Crippen molar-refractivity contribution in [1.29, 1.82) is 0 Å². The standard InChI is InChI=1S/C10H20N2O3/c1-8-4-12(5-9(7-13)15-8)10(14)6-11(2)3/h8-9,13H,4-7H2,1-3H3. The molecule has 0 bridgehead atoms. The van der Waals surface area contributed by atoms with Crippen LogP contribution in [-0.2, 0) is 9.53 Å². The molecule has 2 unspecified atom stereocenters. The van der Waals surface area contributed by atoms with E-state index < -0.39 is 0 Å². The highest BCUT2D eigenvalue weighted by Crippen LogP contribution is 2.10. The highest BCUT2D eigenvalue weighted by Gasteiger charge is 2.27. The Hall–Kier alpha value is -0.650. The summed E-state index contributed by atoms with van der Waals surface area (Å²) in [5.74, 6) is 0.0913. The number of hydrogen-bond acceptors (Lipinski definition) is 4. The van der Waals surface area contributed by atoms with Crippen LogP contribution in [0.1, 0.15) is 6.92 Å². The van der Waals surface area contributed by atoms with E-state index in [-0.39, 0.29) is 24.7 Å². The van der Waals surface area contributed by atoms with Gasteiger partial charge in [-0.25, -0.2) is 0 Å². The minimum atomic E-state index is -0.236. The first-order valence-corrected chi connectivity index (χ1v) is 5.21. The van der Waals surface area contributed by atoms with Gasteiger partial charge in [0.15, 0.2) is 0 Å². The average molecular weight is 216 g/mol. The van der Waals surface area contributed by atoms with Gasteiger partial charge in [-0.1, -0.05) is 0 Å². The zero-order chi connectivity index (χ0) is 11.4. The Morgan fingerprint density at radius 3 is 2.73 bits per heavy atom. The molecule has 88 valence electrons. The zero-order valence-corrected chi connectivity index (χ0v) is 9.64. The fourth-order valence-corrected chi connectivity index (χ4v) is 1.72. The lowest BCUT2D eigenvalue weighted by molar-refractivity contribution is -0.147. The van der Waals surface area contributed by atoms with Crippen molar-refractivity contribution >= 4 is 5.91 Å². The second-order valence-electron chi connectivity index (χ2n) is 4.29. The fourth-order valence-electron chi connectivity index (χ4n) is 1.72. The molecule has 1 amide bonds. The van der Waals surface area contributed by atoms with Crippen LogP contribution in [0.5, 0.6) is 0 Å². The largest absolute Gasteiger partial charge is 0.394 e. The Kier molecular flexibility index (Phi) is 4.50. The van der Waals surface area contributed by atoms with Gasteiger partial charge >= 0.3 is 0 Å². The van der Waals surface area contributed by atoms with E-state index in [2.05, 4.69) is 0 Å². The molecule has 0 aromatic rings. The van der Waals surface area contributed by atoms with Crippen LogP contribution in [0.15, 0.2) is 0 Å². The van der Waals surface area contributed by atoms with Gasteiger partial charge in [-0.3, -0.25) is 4.79 Å². The highest BCUT2D eigenvalue weighted by atomic mass is 16.5. The number of hydrogen-bond donors (Lipinski definition) is 1. The average Bonchev–Trinajstić information content (AvgIpc) is 2.15. The van der Waals surface area contributed by atoms with Gasteiger partial charge in [0, 0.05) is 13.1 Å². The maximum Gasteiger partial charge on any atom is 0.236 e. The number of amides is 1. The second kappa shape index (κ2) is 5.44. The van der Waals surface area contributed by atoms with E-state index in [4.69, 9.17) is 9.84 Å². The molecule has 1 aliphatic heterocycles. The van der Waals surface area contributed by atoms with Gasteiger partial charge in [-0.15, -0.1) is 0 Å². The van der Waals surface area contributed by atoms with Crippen molar-refractivity contribution in [3.8, 4) is 0 Å². The van der Waals surface area contributed by atoms with Gasteiger partial charge < -0.3 is 19.6 Å². The molecule has 1 saturated heterocycles. The smallest absolute Gasteiger partial charge is 0.236 e. The number of carbonyl (C=O) groups excluding carboxylic acids is 1. The van der Waals surface area contributed by atoms with Gasteiger partial charge in [0.2, 0.25) is 5.91 Å². The van der Waals surface area contributed by atoms with E-state index in [0.29, 0.717) is 19.6 Å². The monoisotopic (exact) mass is 216 g/mol. The molecule has 1 aliphatic rings. The highest BCUT2D eigenvalue weighted by molar-refractivity contribution is 5.78. The number of rotatable bonds is 3. The Bertz CT molecular complexity index is 221. The van der Waals surface area contributed by atoms with E-state index in [0.717, 1.165) is 0 Å². The number of carbonyl (C=O) groups is 1. The molecule has 1 N–H and O–H groups in total. The molecule has 15 heavy (non-hydrogen) atoms. The van der Waals surface area contributed by atoms with Crippen molar-refractivity contribution < 1.29 is 14.6 Å². The Morgan fingerprint density at radius 1 is 1.53 bits per heavy atom. The maximum absolute atomic E-state index is 11.8.